The van der Waals surface area contributed by atoms with Gasteiger partial charge in [-0.3, -0.25) is 14.5 Å². The molecule has 0 bridgehead atoms. The number of hydrogen-bond acceptors (Lipinski definition) is 3. The van der Waals surface area contributed by atoms with Crippen LogP contribution in [0.3, 0.4) is 0 Å². The average Bonchev–Trinajstić information content (AvgIpc) is 2.80. The number of amides is 1. The summed E-state index contributed by atoms with van der Waals surface area (Å²) in [6, 6.07) is 0.361. The van der Waals surface area contributed by atoms with Gasteiger partial charge in [0.2, 0.25) is 5.91 Å². The van der Waals surface area contributed by atoms with Gasteiger partial charge >= 0.3 is 5.97 Å². The predicted molar refractivity (Wildman–Crippen MR) is 76.3 cm³/mol. The van der Waals surface area contributed by atoms with Gasteiger partial charge in [0.05, 0.1) is 11.8 Å². The highest BCUT2D eigenvalue weighted by atomic mass is 16.4. The summed E-state index contributed by atoms with van der Waals surface area (Å²) in [4.78, 5) is 28.2. The molecule has 0 radical (unpaired) electrons. The van der Waals surface area contributed by atoms with Crippen molar-refractivity contribution < 1.29 is 14.7 Å². The van der Waals surface area contributed by atoms with Gasteiger partial charge in [-0.15, -0.1) is 0 Å². The standard InChI is InChI=1S/C15H26N2O3/c1-4-16-5-6-17(9-11(16)3)14(18)12-7-10(2)8-13(12)15(19)20/h10-13H,4-9H2,1-3H3,(H,19,20). The molecule has 1 amide bonds. The molecule has 2 fully saturated rings. The van der Waals surface area contributed by atoms with E-state index in [0.29, 0.717) is 18.4 Å². The highest BCUT2D eigenvalue weighted by Gasteiger charge is 2.43. The Morgan fingerprint density at radius 3 is 2.35 bits per heavy atom. The number of carbonyl (C=O) groups is 2. The summed E-state index contributed by atoms with van der Waals surface area (Å²) in [6.45, 7) is 9.66. The Balaban J connectivity index is 2.02. The smallest absolute Gasteiger partial charge is 0.307 e. The molecule has 0 aromatic heterocycles. The van der Waals surface area contributed by atoms with E-state index in [9.17, 15) is 14.7 Å². The minimum atomic E-state index is -0.812. The number of carbonyl (C=O) groups excluding carboxylic acids is 1. The van der Waals surface area contributed by atoms with Crippen molar-refractivity contribution in [2.75, 3.05) is 26.2 Å². The SMILES string of the molecule is CCN1CCN(C(=O)C2CC(C)CC2C(=O)O)CC1C. The van der Waals surface area contributed by atoms with Crippen molar-refractivity contribution in [1.29, 1.82) is 0 Å². The molecule has 2 rings (SSSR count). The first-order valence-corrected chi connectivity index (χ1v) is 7.69. The Bertz CT molecular complexity index is 385. The van der Waals surface area contributed by atoms with Crippen LogP contribution >= 0.6 is 0 Å². The predicted octanol–water partition coefficient (Wildman–Crippen LogP) is 1.29. The molecule has 4 atom stereocenters. The van der Waals surface area contributed by atoms with Gasteiger partial charge in [0.15, 0.2) is 0 Å². The minimum absolute atomic E-state index is 0.0596. The number of aliphatic carboxylic acids is 1. The van der Waals surface area contributed by atoms with Crippen LogP contribution in [-0.4, -0.2) is 59.0 Å². The minimum Gasteiger partial charge on any atom is -0.481 e. The van der Waals surface area contributed by atoms with Crippen molar-refractivity contribution in [1.82, 2.24) is 9.80 Å². The fourth-order valence-corrected chi connectivity index (χ4v) is 3.74. The van der Waals surface area contributed by atoms with E-state index in [-0.39, 0.29) is 11.8 Å². The number of likely N-dealkylation sites (N-methyl/N-ethyl adjacent to an activating group) is 1. The highest BCUT2D eigenvalue weighted by molar-refractivity contribution is 5.85. The van der Waals surface area contributed by atoms with E-state index < -0.39 is 11.9 Å². The van der Waals surface area contributed by atoms with Crippen LogP contribution < -0.4 is 0 Å². The maximum absolute atomic E-state index is 12.6. The highest BCUT2D eigenvalue weighted by Crippen LogP contribution is 2.37. The fourth-order valence-electron chi connectivity index (χ4n) is 3.74. The summed E-state index contributed by atoms with van der Waals surface area (Å²) in [7, 11) is 0. The lowest BCUT2D eigenvalue weighted by Gasteiger charge is -2.40. The van der Waals surface area contributed by atoms with Gasteiger partial charge in [-0.2, -0.15) is 0 Å². The third-order valence-electron chi connectivity index (χ3n) is 4.92. The Kier molecular flexibility index (Phi) is 4.68. The molecule has 0 aromatic carbocycles. The second kappa shape index (κ2) is 6.12. The van der Waals surface area contributed by atoms with E-state index in [2.05, 4.69) is 18.7 Å². The monoisotopic (exact) mass is 282 g/mol. The molecule has 1 aliphatic carbocycles. The molecular weight excluding hydrogens is 256 g/mol. The quantitative estimate of drug-likeness (QED) is 0.847. The summed E-state index contributed by atoms with van der Waals surface area (Å²) < 4.78 is 0. The molecule has 114 valence electrons. The van der Waals surface area contributed by atoms with E-state index in [1.165, 1.54) is 0 Å². The second-order valence-electron chi connectivity index (χ2n) is 6.39. The Morgan fingerprint density at radius 1 is 1.15 bits per heavy atom. The Hall–Kier alpha value is -1.10. The first kappa shape index (κ1) is 15.3. The summed E-state index contributed by atoms with van der Waals surface area (Å²) in [5, 5.41) is 9.30. The van der Waals surface area contributed by atoms with Gasteiger partial charge in [-0.1, -0.05) is 13.8 Å². The van der Waals surface area contributed by atoms with Crippen LogP contribution in [0.15, 0.2) is 0 Å². The average molecular weight is 282 g/mol. The van der Waals surface area contributed by atoms with Crippen molar-refractivity contribution in [2.24, 2.45) is 17.8 Å². The molecule has 1 saturated heterocycles. The molecule has 5 nitrogen and oxygen atoms in total. The van der Waals surface area contributed by atoms with Gasteiger partial charge < -0.3 is 10.0 Å². The lowest BCUT2D eigenvalue weighted by Crippen LogP contribution is -2.55. The molecule has 1 N–H and O–H groups in total. The zero-order chi connectivity index (χ0) is 14.9. The van der Waals surface area contributed by atoms with E-state index >= 15 is 0 Å². The number of hydrogen-bond donors (Lipinski definition) is 1. The van der Waals surface area contributed by atoms with E-state index in [1.807, 2.05) is 11.8 Å². The van der Waals surface area contributed by atoms with Gasteiger partial charge in [0.1, 0.15) is 0 Å². The van der Waals surface area contributed by atoms with Crippen LogP contribution in [0, 0.1) is 17.8 Å². The zero-order valence-corrected chi connectivity index (χ0v) is 12.7. The topological polar surface area (TPSA) is 60.9 Å². The summed E-state index contributed by atoms with van der Waals surface area (Å²) >= 11 is 0. The van der Waals surface area contributed by atoms with Gasteiger partial charge in [-0.25, -0.2) is 0 Å². The van der Waals surface area contributed by atoms with Crippen molar-refractivity contribution in [2.45, 2.75) is 39.7 Å². The van der Waals surface area contributed by atoms with Crippen LogP contribution in [0.4, 0.5) is 0 Å². The number of piperazine rings is 1. The van der Waals surface area contributed by atoms with E-state index in [1.54, 1.807) is 0 Å². The first-order valence-electron chi connectivity index (χ1n) is 7.69. The lowest BCUT2D eigenvalue weighted by molar-refractivity contribution is -0.150. The van der Waals surface area contributed by atoms with Crippen LogP contribution in [0.5, 0.6) is 0 Å². The van der Waals surface area contributed by atoms with Gasteiger partial charge in [0.25, 0.3) is 0 Å². The van der Waals surface area contributed by atoms with E-state index in [0.717, 1.165) is 32.6 Å². The maximum atomic E-state index is 12.6. The second-order valence-corrected chi connectivity index (χ2v) is 6.39. The molecule has 20 heavy (non-hydrogen) atoms. The molecule has 2 aliphatic rings. The van der Waals surface area contributed by atoms with Crippen molar-refractivity contribution in [3.05, 3.63) is 0 Å². The molecular formula is C15H26N2O3. The molecule has 0 aromatic rings. The molecule has 4 unspecified atom stereocenters. The largest absolute Gasteiger partial charge is 0.481 e. The molecule has 1 heterocycles. The molecule has 1 saturated carbocycles. The van der Waals surface area contributed by atoms with Crippen LogP contribution in [0.2, 0.25) is 0 Å². The summed E-state index contributed by atoms with van der Waals surface area (Å²) in [6.07, 6.45) is 1.36. The lowest BCUT2D eigenvalue weighted by atomic mass is 9.94. The fraction of sp³-hybridized carbons (Fsp3) is 0.867. The third-order valence-corrected chi connectivity index (χ3v) is 4.92. The normalized spacial score (nSPS) is 35.2. The van der Waals surface area contributed by atoms with Crippen molar-refractivity contribution in [3.8, 4) is 0 Å². The van der Waals surface area contributed by atoms with Crippen LogP contribution in [0.25, 0.3) is 0 Å². The first-order chi connectivity index (χ1) is 9.43. The molecule has 5 heteroatoms. The number of carboxylic acid groups (broad SMARTS) is 1. The summed E-state index contributed by atoms with van der Waals surface area (Å²) in [5.74, 6) is -1.23. The zero-order valence-electron chi connectivity index (χ0n) is 12.7. The number of nitrogens with zero attached hydrogens (tertiary/aromatic N) is 2. The van der Waals surface area contributed by atoms with Crippen molar-refractivity contribution >= 4 is 11.9 Å². The molecule has 1 aliphatic heterocycles. The molecule has 0 spiro atoms. The number of carboxylic acids is 1. The van der Waals surface area contributed by atoms with Crippen molar-refractivity contribution in [3.63, 3.8) is 0 Å². The van der Waals surface area contributed by atoms with Crippen LogP contribution in [0.1, 0.15) is 33.6 Å². The maximum Gasteiger partial charge on any atom is 0.307 e. The summed E-state index contributed by atoms with van der Waals surface area (Å²) in [5.41, 5.74) is 0. The van der Waals surface area contributed by atoms with E-state index in [4.69, 9.17) is 0 Å². The number of rotatable bonds is 3. The Labute approximate surface area is 120 Å². The van der Waals surface area contributed by atoms with Gasteiger partial charge in [0, 0.05) is 25.7 Å². The third kappa shape index (κ3) is 2.97. The Morgan fingerprint density at radius 2 is 1.80 bits per heavy atom. The van der Waals surface area contributed by atoms with Crippen LogP contribution in [-0.2, 0) is 9.59 Å². The van der Waals surface area contributed by atoms with Gasteiger partial charge in [-0.05, 0) is 32.2 Å².